The van der Waals surface area contributed by atoms with Crippen molar-refractivity contribution in [2.75, 3.05) is 5.32 Å². The number of benzene rings is 1. The van der Waals surface area contributed by atoms with Crippen LogP contribution in [-0.4, -0.2) is 9.78 Å². The molecule has 1 aromatic carbocycles. The van der Waals surface area contributed by atoms with Gasteiger partial charge in [0.25, 0.3) is 0 Å². The summed E-state index contributed by atoms with van der Waals surface area (Å²) in [6.07, 6.45) is 5.42. The van der Waals surface area contributed by atoms with Gasteiger partial charge in [-0.25, -0.2) is 0 Å². The third kappa shape index (κ3) is 3.11. The monoisotopic (exact) mass is 331 g/mol. The lowest BCUT2D eigenvalue weighted by molar-refractivity contribution is 0.516. The van der Waals surface area contributed by atoms with E-state index in [4.69, 9.17) is 4.42 Å². The number of halogens is 1. The molecule has 0 atom stereocenters. The van der Waals surface area contributed by atoms with Crippen LogP contribution in [0.1, 0.15) is 11.3 Å². The summed E-state index contributed by atoms with van der Waals surface area (Å²) in [5, 5.41) is 7.52. The molecule has 4 nitrogen and oxygen atoms in total. The van der Waals surface area contributed by atoms with E-state index in [0.29, 0.717) is 6.54 Å². The van der Waals surface area contributed by atoms with Gasteiger partial charge in [0.05, 0.1) is 23.8 Å². The topological polar surface area (TPSA) is 43.0 Å². The number of aromatic nitrogens is 2. The molecule has 0 saturated heterocycles. The van der Waals surface area contributed by atoms with Gasteiger partial charge < -0.3 is 9.73 Å². The third-order valence-corrected chi connectivity index (χ3v) is 3.71. The lowest BCUT2D eigenvalue weighted by atomic mass is 10.2. The maximum absolute atomic E-state index is 5.36. The molecule has 2 heterocycles. The van der Waals surface area contributed by atoms with E-state index in [9.17, 15) is 0 Å². The molecule has 0 aliphatic rings. The highest BCUT2D eigenvalue weighted by Crippen LogP contribution is 2.19. The molecule has 0 unspecified atom stereocenters. The van der Waals surface area contributed by atoms with E-state index in [-0.39, 0.29) is 0 Å². The summed E-state index contributed by atoms with van der Waals surface area (Å²) < 4.78 is 8.25. The van der Waals surface area contributed by atoms with Crippen molar-refractivity contribution in [2.45, 2.75) is 13.1 Å². The van der Waals surface area contributed by atoms with Crippen molar-refractivity contribution in [1.82, 2.24) is 9.78 Å². The molecule has 102 valence electrons. The van der Waals surface area contributed by atoms with Crippen molar-refractivity contribution in [1.29, 1.82) is 0 Å². The molecule has 5 heteroatoms. The minimum absolute atomic E-state index is 0.659. The zero-order valence-corrected chi connectivity index (χ0v) is 12.4. The van der Waals surface area contributed by atoms with Crippen molar-refractivity contribution < 1.29 is 4.42 Å². The average Bonchev–Trinajstić information content (AvgIpc) is 3.10. The van der Waals surface area contributed by atoms with Gasteiger partial charge in [0.1, 0.15) is 5.76 Å². The second-order valence-corrected chi connectivity index (χ2v) is 5.30. The van der Waals surface area contributed by atoms with Gasteiger partial charge in [0, 0.05) is 18.1 Å². The number of furan rings is 1. The summed E-state index contributed by atoms with van der Waals surface area (Å²) in [6, 6.07) is 12.1. The number of hydrogen-bond donors (Lipinski definition) is 1. The van der Waals surface area contributed by atoms with E-state index in [1.165, 1.54) is 5.56 Å². The predicted octanol–water partition coefficient (Wildman–Crippen LogP) is 3.90. The Bertz CT molecular complexity index is 659. The fourth-order valence-electron chi connectivity index (χ4n) is 1.94. The number of nitrogens with one attached hydrogen (secondary N) is 1. The molecule has 0 aliphatic heterocycles. The standard InChI is InChI=1S/C15H14BrN3O/c16-14-6-9-20-15(14)10-17-13-4-2-12(3-5-13)11-19-8-1-7-18-19/h1-9,17H,10-11H2. The lowest BCUT2D eigenvalue weighted by Gasteiger charge is -2.07. The van der Waals surface area contributed by atoms with Crippen LogP contribution in [0.15, 0.2) is 63.9 Å². The summed E-state index contributed by atoms with van der Waals surface area (Å²) in [7, 11) is 0. The predicted molar refractivity (Wildman–Crippen MR) is 81.5 cm³/mol. The second kappa shape index (κ2) is 5.96. The molecule has 0 fully saturated rings. The first-order valence-electron chi connectivity index (χ1n) is 6.33. The fraction of sp³-hybridized carbons (Fsp3) is 0.133. The Labute approximate surface area is 125 Å². The Morgan fingerprint density at radius 1 is 1.20 bits per heavy atom. The highest BCUT2D eigenvalue weighted by atomic mass is 79.9. The molecular formula is C15H14BrN3O. The van der Waals surface area contributed by atoms with Crippen LogP contribution >= 0.6 is 15.9 Å². The van der Waals surface area contributed by atoms with Gasteiger partial charge in [0.2, 0.25) is 0 Å². The zero-order chi connectivity index (χ0) is 13.8. The number of hydrogen-bond acceptors (Lipinski definition) is 3. The van der Waals surface area contributed by atoms with Crippen molar-refractivity contribution in [3.8, 4) is 0 Å². The van der Waals surface area contributed by atoms with E-state index >= 15 is 0 Å². The van der Waals surface area contributed by atoms with Crippen molar-refractivity contribution in [2.24, 2.45) is 0 Å². The van der Waals surface area contributed by atoms with Gasteiger partial charge in [-0.15, -0.1) is 0 Å². The van der Waals surface area contributed by atoms with Crippen LogP contribution < -0.4 is 5.32 Å². The summed E-state index contributed by atoms with van der Waals surface area (Å²) in [6.45, 7) is 1.45. The molecule has 0 amide bonds. The molecule has 20 heavy (non-hydrogen) atoms. The van der Waals surface area contributed by atoms with E-state index in [1.807, 2.05) is 23.0 Å². The highest BCUT2D eigenvalue weighted by molar-refractivity contribution is 9.10. The number of rotatable bonds is 5. The minimum Gasteiger partial charge on any atom is -0.466 e. The largest absolute Gasteiger partial charge is 0.466 e. The van der Waals surface area contributed by atoms with Crippen LogP contribution in [0, 0.1) is 0 Å². The molecule has 1 N–H and O–H groups in total. The SMILES string of the molecule is Brc1ccoc1CNc1ccc(Cn2cccn2)cc1. The summed E-state index contributed by atoms with van der Waals surface area (Å²) in [5.41, 5.74) is 2.29. The molecule has 0 spiro atoms. The molecular weight excluding hydrogens is 318 g/mol. The summed E-state index contributed by atoms with van der Waals surface area (Å²) >= 11 is 3.44. The first-order chi connectivity index (χ1) is 9.81. The van der Waals surface area contributed by atoms with Crippen molar-refractivity contribution in [3.63, 3.8) is 0 Å². The van der Waals surface area contributed by atoms with Crippen LogP contribution in [0.5, 0.6) is 0 Å². The third-order valence-electron chi connectivity index (χ3n) is 3.00. The van der Waals surface area contributed by atoms with Gasteiger partial charge in [-0.3, -0.25) is 4.68 Å². The van der Waals surface area contributed by atoms with Gasteiger partial charge in [-0.05, 0) is 45.8 Å². The molecule has 0 saturated carbocycles. The summed E-state index contributed by atoms with van der Waals surface area (Å²) in [4.78, 5) is 0. The van der Waals surface area contributed by atoms with E-state index in [1.54, 1.807) is 12.5 Å². The van der Waals surface area contributed by atoms with E-state index in [0.717, 1.165) is 22.5 Å². The maximum atomic E-state index is 5.36. The fourth-order valence-corrected chi connectivity index (χ4v) is 2.28. The summed E-state index contributed by atoms with van der Waals surface area (Å²) in [5.74, 6) is 0.894. The van der Waals surface area contributed by atoms with Gasteiger partial charge in [-0.2, -0.15) is 5.10 Å². The lowest BCUT2D eigenvalue weighted by Crippen LogP contribution is -2.01. The molecule has 2 aromatic heterocycles. The molecule has 0 aliphatic carbocycles. The van der Waals surface area contributed by atoms with Crippen molar-refractivity contribution in [3.05, 3.63) is 70.9 Å². The van der Waals surface area contributed by atoms with Crippen LogP contribution in [-0.2, 0) is 13.1 Å². The molecule has 3 rings (SSSR count). The molecule has 0 bridgehead atoms. The molecule has 0 radical (unpaired) electrons. The quantitative estimate of drug-likeness (QED) is 0.771. The first-order valence-corrected chi connectivity index (χ1v) is 7.13. The van der Waals surface area contributed by atoms with Gasteiger partial charge in [-0.1, -0.05) is 12.1 Å². The number of nitrogens with zero attached hydrogens (tertiary/aromatic N) is 2. The number of anilines is 1. The Kier molecular flexibility index (Phi) is 3.87. The highest BCUT2D eigenvalue weighted by Gasteiger charge is 2.03. The zero-order valence-electron chi connectivity index (χ0n) is 10.8. The van der Waals surface area contributed by atoms with Crippen LogP contribution in [0.2, 0.25) is 0 Å². The Hall–Kier alpha value is -2.01. The minimum atomic E-state index is 0.659. The normalized spacial score (nSPS) is 10.7. The average molecular weight is 332 g/mol. The van der Waals surface area contributed by atoms with Gasteiger partial charge in [0.15, 0.2) is 0 Å². The smallest absolute Gasteiger partial charge is 0.136 e. The first kappa shape index (κ1) is 13.0. The maximum Gasteiger partial charge on any atom is 0.136 e. The van der Waals surface area contributed by atoms with Crippen LogP contribution in [0.25, 0.3) is 0 Å². The van der Waals surface area contributed by atoms with E-state index in [2.05, 4.69) is 50.6 Å². The Balaban J connectivity index is 1.60. The Morgan fingerprint density at radius 2 is 2.05 bits per heavy atom. The molecule has 3 aromatic rings. The van der Waals surface area contributed by atoms with Gasteiger partial charge >= 0.3 is 0 Å². The van der Waals surface area contributed by atoms with Crippen LogP contribution in [0.4, 0.5) is 5.69 Å². The van der Waals surface area contributed by atoms with Crippen molar-refractivity contribution >= 4 is 21.6 Å². The van der Waals surface area contributed by atoms with Crippen LogP contribution in [0.3, 0.4) is 0 Å². The Morgan fingerprint density at radius 3 is 2.70 bits per heavy atom. The second-order valence-electron chi connectivity index (χ2n) is 4.45. The van der Waals surface area contributed by atoms with E-state index < -0.39 is 0 Å².